The molecule has 5 heteroatoms. The molecule has 1 aromatic carbocycles. The molecule has 1 heterocycles. The molecule has 1 unspecified atom stereocenters. The highest BCUT2D eigenvalue weighted by Crippen LogP contribution is 2.41. The fraction of sp³-hybridized carbons (Fsp3) is 0.556. The topological polar surface area (TPSA) is 78.4 Å². The van der Waals surface area contributed by atoms with Crippen LogP contribution in [-0.4, -0.2) is 29.7 Å². The van der Waals surface area contributed by atoms with Crippen LogP contribution < -0.4 is 10.6 Å². The summed E-state index contributed by atoms with van der Waals surface area (Å²) in [5.74, 6) is -0.116. The molecule has 0 aromatic heterocycles. The normalized spacial score (nSPS) is 24.4. The van der Waals surface area contributed by atoms with Gasteiger partial charge in [0.15, 0.2) is 0 Å². The molecule has 1 aromatic rings. The molecule has 2 atom stereocenters. The van der Waals surface area contributed by atoms with Crippen molar-refractivity contribution in [3.8, 4) is 0 Å². The summed E-state index contributed by atoms with van der Waals surface area (Å²) in [5, 5.41) is 15.3. The maximum Gasteiger partial charge on any atom is 0.253 e. The van der Waals surface area contributed by atoms with Gasteiger partial charge in [0, 0.05) is 12.1 Å². The van der Waals surface area contributed by atoms with Gasteiger partial charge in [-0.2, -0.15) is 0 Å². The van der Waals surface area contributed by atoms with Crippen molar-refractivity contribution in [2.24, 2.45) is 11.3 Å². The molecule has 1 spiro atoms. The Labute approximate surface area is 136 Å². The lowest BCUT2D eigenvalue weighted by Crippen LogP contribution is -2.38. The molecule has 2 aliphatic rings. The maximum atomic E-state index is 12.2. The molecule has 3 rings (SSSR count). The van der Waals surface area contributed by atoms with E-state index in [9.17, 15) is 14.7 Å². The fourth-order valence-electron chi connectivity index (χ4n) is 3.51. The molecule has 1 aliphatic carbocycles. The van der Waals surface area contributed by atoms with E-state index >= 15 is 0 Å². The standard InChI is InChI=1S/C18H24N2O3/c1-11(2)15(21)20-16(22)13-3-4-14-10-18(6-5-12(14)9-13)7-8-19-17(18)23/h3-4,9,11,15,21H,5-8,10H2,1-2H3,(H,19,23)(H,20,22)/t15?,18-/m0/s1. The van der Waals surface area contributed by atoms with Gasteiger partial charge >= 0.3 is 0 Å². The third-order valence-corrected chi connectivity index (χ3v) is 5.15. The smallest absolute Gasteiger partial charge is 0.253 e. The average Bonchev–Trinajstić information content (AvgIpc) is 2.87. The van der Waals surface area contributed by atoms with E-state index in [0.717, 1.165) is 43.4 Å². The van der Waals surface area contributed by atoms with Crippen molar-refractivity contribution in [2.75, 3.05) is 6.54 Å². The van der Waals surface area contributed by atoms with Crippen molar-refractivity contribution in [1.82, 2.24) is 10.6 Å². The van der Waals surface area contributed by atoms with Crippen LogP contribution in [0.3, 0.4) is 0 Å². The highest BCUT2D eigenvalue weighted by molar-refractivity contribution is 5.94. The summed E-state index contributed by atoms with van der Waals surface area (Å²) >= 11 is 0. The molecule has 1 fully saturated rings. The number of rotatable bonds is 3. The minimum absolute atomic E-state index is 0.0303. The first-order valence-electron chi connectivity index (χ1n) is 8.30. The van der Waals surface area contributed by atoms with Crippen LogP contribution in [0.25, 0.3) is 0 Å². The van der Waals surface area contributed by atoms with E-state index in [1.54, 1.807) is 6.07 Å². The van der Waals surface area contributed by atoms with Crippen molar-refractivity contribution < 1.29 is 14.7 Å². The number of hydrogen-bond acceptors (Lipinski definition) is 3. The molecular weight excluding hydrogens is 292 g/mol. The molecule has 0 bridgehead atoms. The Morgan fingerprint density at radius 1 is 1.30 bits per heavy atom. The predicted octanol–water partition coefficient (Wildman–Crippen LogP) is 1.39. The van der Waals surface area contributed by atoms with Crippen LogP contribution in [0.2, 0.25) is 0 Å². The van der Waals surface area contributed by atoms with Crippen LogP contribution in [0.4, 0.5) is 0 Å². The quantitative estimate of drug-likeness (QED) is 0.737. The van der Waals surface area contributed by atoms with Gasteiger partial charge in [-0.25, -0.2) is 0 Å². The van der Waals surface area contributed by atoms with Crippen LogP contribution in [0.15, 0.2) is 18.2 Å². The molecule has 5 nitrogen and oxygen atoms in total. The first kappa shape index (κ1) is 16.0. The Hall–Kier alpha value is -1.88. The Balaban J connectivity index is 1.77. The van der Waals surface area contributed by atoms with Crippen molar-refractivity contribution in [3.05, 3.63) is 34.9 Å². The van der Waals surface area contributed by atoms with Gasteiger partial charge < -0.3 is 15.7 Å². The highest BCUT2D eigenvalue weighted by Gasteiger charge is 2.44. The van der Waals surface area contributed by atoms with Crippen LogP contribution in [-0.2, 0) is 17.6 Å². The molecule has 1 aliphatic heterocycles. The lowest BCUT2D eigenvalue weighted by Gasteiger charge is -2.32. The summed E-state index contributed by atoms with van der Waals surface area (Å²) in [6.07, 6.45) is 2.46. The summed E-state index contributed by atoms with van der Waals surface area (Å²) in [7, 11) is 0. The number of aliphatic hydroxyl groups excluding tert-OH is 1. The van der Waals surface area contributed by atoms with Crippen LogP contribution in [0.5, 0.6) is 0 Å². The van der Waals surface area contributed by atoms with Crippen LogP contribution >= 0.6 is 0 Å². The Morgan fingerprint density at radius 2 is 2.09 bits per heavy atom. The van der Waals surface area contributed by atoms with E-state index < -0.39 is 6.23 Å². The molecule has 124 valence electrons. The van der Waals surface area contributed by atoms with Gasteiger partial charge in [0.1, 0.15) is 6.23 Å². The number of aryl methyl sites for hydroxylation is 1. The van der Waals surface area contributed by atoms with Crippen molar-refractivity contribution in [3.63, 3.8) is 0 Å². The minimum atomic E-state index is -0.844. The number of carbonyl (C=O) groups excluding carboxylic acids is 2. The number of aliphatic hydroxyl groups is 1. The molecule has 2 amide bonds. The zero-order valence-electron chi connectivity index (χ0n) is 13.7. The molecular formula is C18H24N2O3. The highest BCUT2D eigenvalue weighted by atomic mass is 16.3. The Bertz CT molecular complexity index is 641. The summed E-state index contributed by atoms with van der Waals surface area (Å²) in [4.78, 5) is 24.3. The number of carbonyl (C=O) groups is 2. The summed E-state index contributed by atoms with van der Waals surface area (Å²) in [6.45, 7) is 4.47. The van der Waals surface area contributed by atoms with Crippen molar-refractivity contribution >= 4 is 11.8 Å². The van der Waals surface area contributed by atoms with E-state index in [4.69, 9.17) is 0 Å². The van der Waals surface area contributed by atoms with Crippen LogP contribution in [0.1, 0.15) is 48.2 Å². The van der Waals surface area contributed by atoms with Gasteiger partial charge in [-0.1, -0.05) is 19.9 Å². The number of fused-ring (bicyclic) bond motifs is 1. The van der Waals surface area contributed by atoms with Gasteiger partial charge in [0.25, 0.3) is 5.91 Å². The molecule has 0 radical (unpaired) electrons. The first-order valence-corrected chi connectivity index (χ1v) is 8.30. The molecule has 1 saturated heterocycles. The first-order chi connectivity index (χ1) is 10.9. The summed E-state index contributed by atoms with van der Waals surface area (Å²) in [5.41, 5.74) is 2.62. The fourth-order valence-corrected chi connectivity index (χ4v) is 3.51. The zero-order chi connectivity index (χ0) is 16.6. The van der Waals surface area contributed by atoms with Gasteiger partial charge in [-0.15, -0.1) is 0 Å². The largest absolute Gasteiger partial charge is 0.373 e. The SMILES string of the molecule is CC(C)C(O)NC(=O)c1ccc2c(c1)CC[C@]1(CCNC1=O)C2. The summed E-state index contributed by atoms with van der Waals surface area (Å²) in [6, 6.07) is 5.64. The van der Waals surface area contributed by atoms with E-state index in [1.807, 2.05) is 26.0 Å². The zero-order valence-corrected chi connectivity index (χ0v) is 13.7. The second kappa shape index (κ2) is 5.96. The maximum absolute atomic E-state index is 12.2. The number of nitrogens with one attached hydrogen (secondary N) is 2. The Kier molecular flexibility index (Phi) is 4.15. The number of amides is 2. The van der Waals surface area contributed by atoms with Crippen LogP contribution in [0, 0.1) is 11.3 Å². The Morgan fingerprint density at radius 3 is 2.74 bits per heavy atom. The van der Waals surface area contributed by atoms with E-state index in [-0.39, 0.29) is 23.1 Å². The van der Waals surface area contributed by atoms with Crippen molar-refractivity contribution in [1.29, 1.82) is 0 Å². The van der Waals surface area contributed by atoms with Gasteiger partial charge in [-0.3, -0.25) is 9.59 Å². The van der Waals surface area contributed by atoms with Gasteiger partial charge in [0.2, 0.25) is 5.91 Å². The number of benzene rings is 1. The second-order valence-corrected chi connectivity index (χ2v) is 7.11. The number of hydrogen-bond donors (Lipinski definition) is 3. The van der Waals surface area contributed by atoms with E-state index in [2.05, 4.69) is 10.6 Å². The average molecular weight is 316 g/mol. The van der Waals surface area contributed by atoms with E-state index in [1.165, 1.54) is 0 Å². The van der Waals surface area contributed by atoms with Crippen molar-refractivity contribution in [2.45, 2.75) is 45.8 Å². The monoisotopic (exact) mass is 316 g/mol. The molecule has 0 saturated carbocycles. The molecule has 23 heavy (non-hydrogen) atoms. The predicted molar refractivity (Wildman–Crippen MR) is 86.8 cm³/mol. The molecule has 3 N–H and O–H groups in total. The minimum Gasteiger partial charge on any atom is -0.373 e. The lowest BCUT2D eigenvalue weighted by molar-refractivity contribution is -0.128. The lowest BCUT2D eigenvalue weighted by atomic mass is 9.70. The van der Waals surface area contributed by atoms with Gasteiger partial charge in [-0.05, 0) is 54.9 Å². The second-order valence-electron chi connectivity index (χ2n) is 7.11. The van der Waals surface area contributed by atoms with E-state index in [0.29, 0.717) is 5.56 Å². The van der Waals surface area contributed by atoms with Gasteiger partial charge in [0.05, 0.1) is 5.41 Å². The summed E-state index contributed by atoms with van der Waals surface area (Å²) < 4.78 is 0. The third-order valence-electron chi connectivity index (χ3n) is 5.15. The third kappa shape index (κ3) is 2.98.